The number of aromatic nitrogens is 1. The average Bonchev–Trinajstić information content (AvgIpc) is 2.63. The molecule has 0 spiro atoms. The van der Waals surface area contributed by atoms with E-state index in [0.717, 1.165) is 16.3 Å². The third-order valence-electron chi connectivity index (χ3n) is 3.38. The fourth-order valence-electron chi connectivity index (χ4n) is 2.15. The lowest BCUT2D eigenvalue weighted by Gasteiger charge is -2.10. The monoisotopic (exact) mass is 354 g/mol. The fraction of sp³-hybridized carbons (Fsp3) is 0.0526. The zero-order valence-corrected chi connectivity index (χ0v) is 14.3. The molecule has 3 nitrogen and oxygen atoms in total. The molecule has 0 saturated carbocycles. The van der Waals surface area contributed by atoms with Gasteiger partial charge in [0, 0.05) is 33.8 Å². The molecule has 120 valence electrons. The van der Waals surface area contributed by atoms with Crippen LogP contribution in [0.5, 0.6) is 0 Å². The molecular formula is C19H15ClN2OS. The number of nitrogens with zero attached hydrogens (tertiary/aromatic N) is 1. The third kappa shape index (κ3) is 4.37. The molecule has 0 radical (unpaired) electrons. The average molecular weight is 355 g/mol. The first kappa shape index (κ1) is 16.6. The van der Waals surface area contributed by atoms with E-state index in [9.17, 15) is 4.79 Å². The molecular weight excluding hydrogens is 340 g/mol. The van der Waals surface area contributed by atoms with Crippen molar-refractivity contribution in [2.45, 2.75) is 10.6 Å². The van der Waals surface area contributed by atoms with Gasteiger partial charge in [0.1, 0.15) is 0 Å². The van der Waals surface area contributed by atoms with E-state index in [1.165, 1.54) is 5.56 Å². The fourth-order valence-corrected chi connectivity index (χ4v) is 3.28. The molecule has 1 amide bonds. The van der Waals surface area contributed by atoms with Crippen LogP contribution in [0.25, 0.3) is 0 Å². The molecule has 0 fully saturated rings. The summed E-state index contributed by atoms with van der Waals surface area (Å²) in [6.45, 7) is 0. The van der Waals surface area contributed by atoms with Crippen molar-refractivity contribution in [1.82, 2.24) is 4.98 Å². The number of rotatable bonds is 5. The van der Waals surface area contributed by atoms with Gasteiger partial charge in [-0.1, -0.05) is 23.7 Å². The number of nitrogens with one attached hydrogen (secondary N) is 1. The van der Waals surface area contributed by atoms with Crippen LogP contribution in [0.3, 0.4) is 0 Å². The number of hydrogen-bond donors (Lipinski definition) is 1. The lowest BCUT2D eigenvalue weighted by Crippen LogP contribution is -2.12. The van der Waals surface area contributed by atoms with E-state index >= 15 is 0 Å². The Morgan fingerprint density at radius 3 is 2.46 bits per heavy atom. The number of pyridine rings is 1. The van der Waals surface area contributed by atoms with Crippen LogP contribution >= 0.6 is 23.4 Å². The maximum atomic E-state index is 12.6. The van der Waals surface area contributed by atoms with Crippen LogP contribution in [0.4, 0.5) is 5.69 Å². The highest BCUT2D eigenvalue weighted by atomic mass is 35.5. The van der Waals surface area contributed by atoms with Crippen LogP contribution in [-0.4, -0.2) is 10.9 Å². The molecule has 0 saturated heterocycles. The van der Waals surface area contributed by atoms with Crippen LogP contribution in [0.15, 0.2) is 78.0 Å². The number of amides is 1. The lowest BCUT2D eigenvalue weighted by atomic mass is 10.2. The van der Waals surface area contributed by atoms with Gasteiger partial charge in [-0.3, -0.25) is 9.78 Å². The summed E-state index contributed by atoms with van der Waals surface area (Å²) in [4.78, 5) is 17.5. The van der Waals surface area contributed by atoms with Crippen molar-refractivity contribution in [1.29, 1.82) is 0 Å². The number of carbonyl (C=O) groups excluding carboxylic acids is 1. The largest absolute Gasteiger partial charge is 0.322 e. The van der Waals surface area contributed by atoms with Crippen LogP contribution in [0.1, 0.15) is 15.9 Å². The van der Waals surface area contributed by atoms with Gasteiger partial charge in [-0.05, 0) is 54.1 Å². The molecule has 0 aliphatic carbocycles. The second kappa shape index (κ2) is 7.99. The third-order valence-corrected chi connectivity index (χ3v) is 4.77. The first-order chi connectivity index (χ1) is 11.7. The molecule has 0 aliphatic rings. The Morgan fingerprint density at radius 1 is 1.00 bits per heavy atom. The van der Waals surface area contributed by atoms with E-state index in [1.807, 2.05) is 36.4 Å². The van der Waals surface area contributed by atoms with Gasteiger partial charge in [-0.2, -0.15) is 0 Å². The molecule has 0 aliphatic heterocycles. The van der Waals surface area contributed by atoms with E-state index < -0.39 is 0 Å². The number of carbonyl (C=O) groups is 1. The van der Waals surface area contributed by atoms with Gasteiger partial charge in [0.2, 0.25) is 0 Å². The summed E-state index contributed by atoms with van der Waals surface area (Å²) in [5.74, 6) is 0.656. The van der Waals surface area contributed by atoms with Gasteiger partial charge < -0.3 is 5.32 Å². The minimum Gasteiger partial charge on any atom is -0.322 e. The molecule has 5 heteroatoms. The zero-order chi connectivity index (χ0) is 16.8. The van der Waals surface area contributed by atoms with Crippen LogP contribution in [0, 0.1) is 0 Å². The van der Waals surface area contributed by atoms with Gasteiger partial charge in [-0.25, -0.2) is 0 Å². The topological polar surface area (TPSA) is 42.0 Å². The SMILES string of the molecule is O=C(Nc1ccc(Cl)cc1)c1ccccc1SCc1ccncc1. The van der Waals surface area contributed by atoms with Gasteiger partial charge in [0.25, 0.3) is 5.91 Å². The second-order valence-electron chi connectivity index (χ2n) is 5.10. The predicted molar refractivity (Wildman–Crippen MR) is 99.6 cm³/mol. The van der Waals surface area contributed by atoms with Crippen molar-refractivity contribution < 1.29 is 4.79 Å². The number of hydrogen-bond acceptors (Lipinski definition) is 3. The molecule has 1 N–H and O–H groups in total. The van der Waals surface area contributed by atoms with Gasteiger partial charge in [0.05, 0.1) is 5.56 Å². The van der Waals surface area contributed by atoms with E-state index in [0.29, 0.717) is 10.6 Å². The van der Waals surface area contributed by atoms with Gasteiger partial charge in [0.15, 0.2) is 0 Å². The number of benzene rings is 2. The Kier molecular flexibility index (Phi) is 5.51. The van der Waals surface area contributed by atoms with Crippen molar-refractivity contribution in [2.75, 3.05) is 5.32 Å². The highest BCUT2D eigenvalue weighted by molar-refractivity contribution is 7.98. The van der Waals surface area contributed by atoms with Crippen LogP contribution < -0.4 is 5.32 Å². The minimum absolute atomic E-state index is 0.129. The molecule has 3 rings (SSSR count). The van der Waals surface area contributed by atoms with Crippen molar-refractivity contribution >= 4 is 35.0 Å². The van der Waals surface area contributed by atoms with Crippen molar-refractivity contribution in [2.24, 2.45) is 0 Å². The molecule has 0 atom stereocenters. The maximum Gasteiger partial charge on any atom is 0.256 e. The smallest absolute Gasteiger partial charge is 0.256 e. The van der Waals surface area contributed by atoms with Gasteiger partial charge in [-0.15, -0.1) is 11.8 Å². The predicted octanol–water partition coefficient (Wildman–Crippen LogP) is 5.28. The van der Waals surface area contributed by atoms with Crippen LogP contribution in [0.2, 0.25) is 5.02 Å². The molecule has 2 aromatic carbocycles. The molecule has 1 heterocycles. The summed E-state index contributed by atoms with van der Waals surface area (Å²) in [6.07, 6.45) is 3.55. The second-order valence-corrected chi connectivity index (χ2v) is 6.55. The Balaban J connectivity index is 1.73. The summed E-state index contributed by atoms with van der Waals surface area (Å²) in [7, 11) is 0. The number of halogens is 1. The first-order valence-corrected chi connectivity index (χ1v) is 8.76. The van der Waals surface area contributed by atoms with E-state index in [-0.39, 0.29) is 5.91 Å². The number of anilines is 1. The molecule has 0 unspecified atom stereocenters. The standard InChI is InChI=1S/C19H15ClN2OS/c20-15-5-7-16(8-6-15)22-19(23)17-3-1-2-4-18(17)24-13-14-9-11-21-12-10-14/h1-12H,13H2,(H,22,23). The van der Waals surface area contributed by atoms with E-state index in [2.05, 4.69) is 10.3 Å². The van der Waals surface area contributed by atoms with Crippen molar-refractivity contribution in [3.05, 3.63) is 89.2 Å². The molecule has 1 aromatic heterocycles. The highest BCUT2D eigenvalue weighted by Crippen LogP contribution is 2.27. The quantitative estimate of drug-likeness (QED) is 0.634. The maximum absolute atomic E-state index is 12.6. The first-order valence-electron chi connectivity index (χ1n) is 7.40. The summed E-state index contributed by atoms with van der Waals surface area (Å²) in [5.41, 5.74) is 2.55. The normalized spacial score (nSPS) is 10.4. The zero-order valence-electron chi connectivity index (χ0n) is 12.8. The van der Waals surface area contributed by atoms with Gasteiger partial charge >= 0.3 is 0 Å². The van der Waals surface area contributed by atoms with Crippen LogP contribution in [-0.2, 0) is 5.75 Å². The highest BCUT2D eigenvalue weighted by Gasteiger charge is 2.11. The van der Waals surface area contributed by atoms with Crippen molar-refractivity contribution in [3.63, 3.8) is 0 Å². The summed E-state index contributed by atoms with van der Waals surface area (Å²) in [5, 5.41) is 3.54. The summed E-state index contributed by atoms with van der Waals surface area (Å²) >= 11 is 7.50. The summed E-state index contributed by atoms with van der Waals surface area (Å²) in [6, 6.07) is 18.6. The molecule has 0 bridgehead atoms. The Morgan fingerprint density at radius 2 is 1.71 bits per heavy atom. The van der Waals surface area contributed by atoms with Crippen molar-refractivity contribution in [3.8, 4) is 0 Å². The van der Waals surface area contributed by atoms with E-state index in [1.54, 1.807) is 48.4 Å². The molecule has 24 heavy (non-hydrogen) atoms. The molecule has 3 aromatic rings. The minimum atomic E-state index is -0.129. The van der Waals surface area contributed by atoms with E-state index in [4.69, 9.17) is 11.6 Å². The number of thioether (sulfide) groups is 1. The Hall–Kier alpha value is -2.30. The Labute approximate surface area is 150 Å². The summed E-state index contributed by atoms with van der Waals surface area (Å²) < 4.78 is 0. The lowest BCUT2D eigenvalue weighted by molar-refractivity contribution is 0.102. The Bertz CT molecular complexity index is 822.